The summed E-state index contributed by atoms with van der Waals surface area (Å²) < 4.78 is 5.53. The highest BCUT2D eigenvalue weighted by Gasteiger charge is 2.23. The summed E-state index contributed by atoms with van der Waals surface area (Å²) in [7, 11) is 0. The summed E-state index contributed by atoms with van der Waals surface area (Å²) in [5.41, 5.74) is 4.46. The number of hydrogen-bond donors (Lipinski definition) is 1. The zero-order valence-corrected chi connectivity index (χ0v) is 22.8. The Morgan fingerprint density at radius 3 is 2.29 bits per heavy atom. The molecule has 6 heteroatoms. The normalized spacial score (nSPS) is 14.6. The molecule has 0 aliphatic carbocycles. The summed E-state index contributed by atoms with van der Waals surface area (Å²) in [5, 5.41) is 12.4. The number of amides is 1. The van der Waals surface area contributed by atoms with Gasteiger partial charge in [0.05, 0.1) is 11.8 Å². The molecule has 0 bridgehead atoms. The minimum atomic E-state index is -0.579. The number of allylic oxidation sites excluding steroid dienone is 4. The Hall–Kier alpha value is -2.99. The van der Waals surface area contributed by atoms with Crippen LogP contribution in [0.1, 0.15) is 80.8 Å². The summed E-state index contributed by atoms with van der Waals surface area (Å²) in [4.78, 5) is 23.4. The van der Waals surface area contributed by atoms with Gasteiger partial charge in [0, 0.05) is 29.7 Å². The van der Waals surface area contributed by atoms with Gasteiger partial charge in [-0.15, -0.1) is 0 Å². The van der Waals surface area contributed by atoms with Crippen LogP contribution in [-0.4, -0.2) is 39.4 Å². The third-order valence-corrected chi connectivity index (χ3v) is 5.93. The van der Waals surface area contributed by atoms with E-state index in [1.54, 1.807) is 6.20 Å². The number of aliphatic hydroxyl groups excluding tert-OH is 1. The Kier molecular flexibility index (Phi) is 9.78. The standard InChI is InChI=1S/C29H41N3O3/c1-10-19(5)24(26(33)12-3)14-20(6)23(11-2)25-15-21-18-31-27(16-22(21)17-30-25)32(13-4)28(34)35-29(7,8)9/h11,14-18,26,33H,10,12-13H2,1-9H3/b20-14-,23-11+,24-19-. The van der Waals surface area contributed by atoms with Crippen LogP contribution in [0.3, 0.4) is 0 Å². The van der Waals surface area contributed by atoms with Crippen LogP contribution >= 0.6 is 0 Å². The van der Waals surface area contributed by atoms with E-state index < -0.39 is 17.8 Å². The van der Waals surface area contributed by atoms with E-state index in [0.29, 0.717) is 18.8 Å². The molecule has 0 spiro atoms. The number of fused-ring (bicyclic) bond motifs is 1. The van der Waals surface area contributed by atoms with Gasteiger partial charge in [0.25, 0.3) is 0 Å². The summed E-state index contributed by atoms with van der Waals surface area (Å²) in [5.74, 6) is 0.532. The summed E-state index contributed by atoms with van der Waals surface area (Å²) in [6.45, 7) is 18.1. The molecular formula is C29H41N3O3. The molecule has 1 amide bonds. The monoisotopic (exact) mass is 479 g/mol. The van der Waals surface area contributed by atoms with Gasteiger partial charge in [-0.3, -0.25) is 9.88 Å². The van der Waals surface area contributed by atoms with E-state index in [4.69, 9.17) is 9.72 Å². The number of carbonyl (C=O) groups excluding carboxylic acids is 1. The van der Waals surface area contributed by atoms with Crippen molar-refractivity contribution in [2.75, 3.05) is 11.4 Å². The Labute approximate surface area is 210 Å². The van der Waals surface area contributed by atoms with E-state index in [-0.39, 0.29) is 0 Å². The highest BCUT2D eigenvalue weighted by molar-refractivity contribution is 5.92. The lowest BCUT2D eigenvalue weighted by atomic mass is 9.94. The molecule has 6 nitrogen and oxygen atoms in total. The van der Waals surface area contributed by atoms with E-state index in [1.807, 2.05) is 72.9 Å². The molecule has 0 saturated heterocycles. The highest BCUT2D eigenvalue weighted by atomic mass is 16.6. The molecule has 2 heterocycles. The molecule has 0 fully saturated rings. The Morgan fingerprint density at radius 1 is 1.11 bits per heavy atom. The Morgan fingerprint density at radius 2 is 1.74 bits per heavy atom. The quantitative estimate of drug-likeness (QED) is 0.404. The Bertz CT molecular complexity index is 1140. The van der Waals surface area contributed by atoms with Gasteiger partial charge in [0.15, 0.2) is 0 Å². The van der Waals surface area contributed by atoms with Crippen molar-refractivity contribution in [2.24, 2.45) is 0 Å². The van der Waals surface area contributed by atoms with Crippen LogP contribution in [0, 0.1) is 0 Å². The smallest absolute Gasteiger partial charge is 0.415 e. The number of rotatable bonds is 8. The second-order valence-electron chi connectivity index (χ2n) is 9.73. The highest BCUT2D eigenvalue weighted by Crippen LogP contribution is 2.28. The lowest BCUT2D eigenvalue weighted by Crippen LogP contribution is -2.37. The van der Waals surface area contributed by atoms with Gasteiger partial charge >= 0.3 is 6.09 Å². The van der Waals surface area contributed by atoms with Gasteiger partial charge in [0.1, 0.15) is 11.4 Å². The van der Waals surface area contributed by atoms with E-state index in [1.165, 1.54) is 10.5 Å². The second-order valence-corrected chi connectivity index (χ2v) is 9.73. The lowest BCUT2D eigenvalue weighted by molar-refractivity contribution is 0.0581. The third-order valence-electron chi connectivity index (χ3n) is 5.93. The van der Waals surface area contributed by atoms with Gasteiger partial charge in [-0.1, -0.05) is 31.6 Å². The number of ether oxygens (including phenoxy) is 1. The minimum Gasteiger partial charge on any atom is -0.443 e. The van der Waals surface area contributed by atoms with Crippen molar-refractivity contribution >= 4 is 28.3 Å². The summed E-state index contributed by atoms with van der Waals surface area (Å²) in [6, 6.07) is 3.87. The maximum absolute atomic E-state index is 12.6. The maximum atomic E-state index is 12.6. The predicted molar refractivity (Wildman–Crippen MR) is 145 cm³/mol. The minimum absolute atomic E-state index is 0.422. The molecule has 190 valence electrons. The molecule has 1 atom stereocenters. The van der Waals surface area contributed by atoms with Crippen molar-refractivity contribution in [1.29, 1.82) is 0 Å². The molecule has 0 saturated carbocycles. The van der Waals surface area contributed by atoms with Crippen LogP contribution in [0.15, 0.2) is 53.4 Å². The van der Waals surface area contributed by atoms with Gasteiger partial charge in [-0.25, -0.2) is 9.78 Å². The van der Waals surface area contributed by atoms with Crippen molar-refractivity contribution in [2.45, 2.75) is 86.9 Å². The van der Waals surface area contributed by atoms with Crippen LogP contribution in [-0.2, 0) is 4.74 Å². The number of pyridine rings is 2. The molecule has 35 heavy (non-hydrogen) atoms. The fraction of sp³-hybridized carbons (Fsp3) is 0.483. The van der Waals surface area contributed by atoms with Gasteiger partial charge in [-0.2, -0.15) is 0 Å². The molecule has 2 rings (SSSR count). The van der Waals surface area contributed by atoms with E-state index in [2.05, 4.69) is 24.9 Å². The van der Waals surface area contributed by atoms with Crippen LogP contribution in [0.2, 0.25) is 0 Å². The molecule has 2 aromatic heterocycles. The van der Waals surface area contributed by atoms with Crippen molar-refractivity contribution in [3.63, 3.8) is 0 Å². The molecule has 2 aromatic rings. The van der Waals surface area contributed by atoms with Crippen LogP contribution in [0.25, 0.3) is 16.3 Å². The van der Waals surface area contributed by atoms with Crippen LogP contribution in [0.5, 0.6) is 0 Å². The number of aromatic nitrogens is 2. The average molecular weight is 480 g/mol. The van der Waals surface area contributed by atoms with Gasteiger partial charge in [0.2, 0.25) is 0 Å². The van der Waals surface area contributed by atoms with Gasteiger partial charge < -0.3 is 9.84 Å². The first kappa shape index (κ1) is 28.2. The molecule has 0 aliphatic rings. The molecule has 1 unspecified atom stereocenters. The lowest BCUT2D eigenvalue weighted by Gasteiger charge is -2.26. The number of aliphatic hydroxyl groups is 1. The summed E-state index contributed by atoms with van der Waals surface area (Å²) in [6.07, 6.45) is 8.35. The number of nitrogens with zero attached hydrogens (tertiary/aromatic N) is 3. The predicted octanol–water partition coefficient (Wildman–Crippen LogP) is 7.24. The first-order valence-corrected chi connectivity index (χ1v) is 12.4. The molecule has 0 radical (unpaired) electrons. The van der Waals surface area contributed by atoms with Crippen molar-refractivity contribution in [3.8, 4) is 0 Å². The van der Waals surface area contributed by atoms with E-state index in [9.17, 15) is 9.90 Å². The first-order valence-electron chi connectivity index (χ1n) is 12.4. The maximum Gasteiger partial charge on any atom is 0.415 e. The SMILES string of the molecule is C\C=C(/C(C)=C\C(=C(/C)CC)C(O)CC)c1cc2cnc(N(CC)C(=O)OC(C)(C)C)cc2cn1. The fourth-order valence-electron chi connectivity index (χ4n) is 3.84. The number of anilines is 1. The number of carbonyl (C=O) groups is 1. The molecular weight excluding hydrogens is 438 g/mol. The first-order chi connectivity index (χ1) is 16.4. The largest absolute Gasteiger partial charge is 0.443 e. The van der Waals surface area contributed by atoms with Crippen LogP contribution < -0.4 is 4.90 Å². The molecule has 0 aromatic carbocycles. The van der Waals surface area contributed by atoms with Crippen molar-refractivity contribution < 1.29 is 14.6 Å². The van der Waals surface area contributed by atoms with E-state index >= 15 is 0 Å². The summed E-state index contributed by atoms with van der Waals surface area (Å²) >= 11 is 0. The fourth-order valence-corrected chi connectivity index (χ4v) is 3.84. The Balaban J connectivity index is 2.44. The third kappa shape index (κ3) is 7.25. The van der Waals surface area contributed by atoms with E-state index in [0.717, 1.165) is 39.6 Å². The second kappa shape index (κ2) is 12.1. The number of hydrogen-bond acceptors (Lipinski definition) is 5. The average Bonchev–Trinajstić information content (AvgIpc) is 2.81. The van der Waals surface area contributed by atoms with Crippen LogP contribution in [0.4, 0.5) is 10.6 Å². The zero-order chi connectivity index (χ0) is 26.3. The van der Waals surface area contributed by atoms with Gasteiger partial charge in [-0.05, 0) is 90.2 Å². The van der Waals surface area contributed by atoms with Crippen molar-refractivity contribution in [3.05, 3.63) is 59.1 Å². The topological polar surface area (TPSA) is 75.6 Å². The molecule has 0 aliphatic heterocycles. The zero-order valence-electron chi connectivity index (χ0n) is 22.8. The van der Waals surface area contributed by atoms with Crippen molar-refractivity contribution in [1.82, 2.24) is 9.97 Å². The molecule has 1 N–H and O–H groups in total.